The molecule has 28 heavy (non-hydrogen) atoms. The monoisotopic (exact) mass is 405 g/mol. The van der Waals surface area contributed by atoms with Crippen molar-refractivity contribution < 1.29 is 13.2 Å². The number of fused-ring (bicyclic) bond motifs is 1. The Balaban J connectivity index is 2.05. The van der Waals surface area contributed by atoms with Crippen LogP contribution in [-0.4, -0.2) is 39.6 Å². The van der Waals surface area contributed by atoms with Gasteiger partial charge in [0.05, 0.1) is 12.3 Å². The van der Waals surface area contributed by atoms with Crippen LogP contribution in [0.1, 0.15) is 29.3 Å². The number of hydrogen-bond acceptors (Lipinski definition) is 7. The molecule has 0 radical (unpaired) electrons. The van der Waals surface area contributed by atoms with Gasteiger partial charge in [0.25, 0.3) is 0 Å². The zero-order valence-corrected chi connectivity index (χ0v) is 15.8. The summed E-state index contributed by atoms with van der Waals surface area (Å²) >= 11 is 0. The summed E-state index contributed by atoms with van der Waals surface area (Å²) in [6.45, 7) is 1.79. The van der Waals surface area contributed by atoms with Gasteiger partial charge >= 0.3 is 5.69 Å². The number of nitrogens with zero attached hydrogens (tertiary/aromatic N) is 3. The van der Waals surface area contributed by atoms with Crippen molar-refractivity contribution in [1.29, 1.82) is 0 Å². The fourth-order valence-electron chi connectivity index (χ4n) is 2.71. The van der Waals surface area contributed by atoms with E-state index in [0.29, 0.717) is 17.5 Å². The number of sulfonamides is 1. The Labute approximate surface area is 159 Å². The molecule has 6 N–H and O–H groups in total. The van der Waals surface area contributed by atoms with E-state index in [9.17, 15) is 18.0 Å². The van der Waals surface area contributed by atoms with Gasteiger partial charge in [0.15, 0.2) is 11.5 Å². The molecule has 0 fully saturated rings. The number of anilines is 2. The summed E-state index contributed by atoms with van der Waals surface area (Å²) in [6.07, 6.45) is 0.415. The molecule has 0 saturated carbocycles. The zero-order valence-electron chi connectivity index (χ0n) is 15.0. The summed E-state index contributed by atoms with van der Waals surface area (Å²) in [4.78, 5) is 34.3. The maximum absolute atomic E-state index is 12.4. The number of carbonyl (C=O) groups excluding carboxylic acids is 1. The first-order chi connectivity index (χ1) is 13.2. The van der Waals surface area contributed by atoms with Crippen molar-refractivity contribution in [1.82, 2.24) is 19.5 Å². The van der Waals surface area contributed by atoms with Crippen molar-refractivity contribution in [2.75, 3.05) is 16.2 Å². The van der Waals surface area contributed by atoms with Crippen LogP contribution in [0.3, 0.4) is 0 Å². The summed E-state index contributed by atoms with van der Waals surface area (Å²) in [5.41, 5.74) is 11.9. The molecule has 2 aromatic heterocycles. The summed E-state index contributed by atoms with van der Waals surface area (Å²) in [7, 11) is -3.63. The van der Waals surface area contributed by atoms with Crippen LogP contribution < -0.4 is 21.9 Å². The second-order valence-electron chi connectivity index (χ2n) is 6.13. The number of nitrogens with two attached hydrogens (primary N) is 2. The summed E-state index contributed by atoms with van der Waals surface area (Å²) in [6, 6.07) is 6.48. The molecule has 0 aliphatic carbocycles. The number of carbonyl (C=O) groups is 1. The minimum Gasteiger partial charge on any atom is -0.382 e. The highest BCUT2D eigenvalue weighted by Gasteiger charge is 2.17. The molecule has 0 spiro atoms. The molecule has 148 valence electrons. The summed E-state index contributed by atoms with van der Waals surface area (Å²) in [5.74, 6) is -0.987. The lowest BCUT2D eigenvalue weighted by atomic mass is 10.1. The van der Waals surface area contributed by atoms with Crippen LogP contribution in [0.2, 0.25) is 0 Å². The van der Waals surface area contributed by atoms with Gasteiger partial charge in [0, 0.05) is 5.56 Å². The molecule has 0 aliphatic rings. The molecule has 3 rings (SSSR count). The normalized spacial score (nSPS) is 11.6. The van der Waals surface area contributed by atoms with Gasteiger partial charge in [-0.1, -0.05) is 19.1 Å². The molecule has 12 heteroatoms. The van der Waals surface area contributed by atoms with E-state index >= 15 is 0 Å². The standard InChI is InChI=1S/C16H19N7O4S/c1-2-6-28(26,27)22-15-20-12(17)11-14(21-15)23(16(25)19-11)8-9-4-3-5-10(7-9)13(18)24/h3-5,7H,2,6,8H2,1H3,(H2,18,24)(H,19,25)(H3,17,20,21,22). The van der Waals surface area contributed by atoms with Crippen molar-refractivity contribution in [3.8, 4) is 0 Å². The van der Waals surface area contributed by atoms with Crippen molar-refractivity contribution in [2.45, 2.75) is 19.9 Å². The predicted octanol–water partition coefficient (Wildman–Crippen LogP) is 0.000700. The molecule has 0 unspecified atom stereocenters. The van der Waals surface area contributed by atoms with Crippen molar-refractivity contribution >= 4 is 38.9 Å². The highest BCUT2D eigenvalue weighted by atomic mass is 32.2. The van der Waals surface area contributed by atoms with E-state index in [1.54, 1.807) is 31.2 Å². The van der Waals surface area contributed by atoms with Gasteiger partial charge in [-0.25, -0.2) is 13.2 Å². The van der Waals surface area contributed by atoms with E-state index in [1.165, 1.54) is 4.57 Å². The molecule has 0 aliphatic heterocycles. The van der Waals surface area contributed by atoms with Gasteiger partial charge in [0.1, 0.15) is 5.52 Å². The van der Waals surface area contributed by atoms with E-state index in [0.717, 1.165) is 0 Å². The van der Waals surface area contributed by atoms with Gasteiger partial charge in [-0.3, -0.25) is 14.1 Å². The van der Waals surface area contributed by atoms with Crippen LogP contribution in [0.15, 0.2) is 29.1 Å². The number of aromatic nitrogens is 4. The second-order valence-corrected chi connectivity index (χ2v) is 7.97. The van der Waals surface area contributed by atoms with Crippen molar-refractivity contribution in [2.24, 2.45) is 5.73 Å². The quantitative estimate of drug-likeness (QED) is 0.427. The SMILES string of the molecule is CCCS(=O)(=O)Nc1nc(N)c2[nH]c(=O)n(Cc3cccc(C(N)=O)c3)c2n1. The fraction of sp³-hybridized carbons (Fsp3) is 0.250. The number of benzene rings is 1. The molecular weight excluding hydrogens is 386 g/mol. The van der Waals surface area contributed by atoms with Gasteiger partial charge in [-0.05, 0) is 24.1 Å². The molecule has 11 nitrogen and oxygen atoms in total. The lowest BCUT2D eigenvalue weighted by Gasteiger charge is -2.08. The van der Waals surface area contributed by atoms with E-state index in [4.69, 9.17) is 11.5 Å². The third kappa shape index (κ3) is 3.96. The van der Waals surface area contributed by atoms with Crippen LogP contribution in [0.25, 0.3) is 11.2 Å². The molecule has 1 aromatic carbocycles. The van der Waals surface area contributed by atoms with Crippen LogP contribution in [0.4, 0.5) is 11.8 Å². The molecule has 0 atom stereocenters. The minimum atomic E-state index is -3.63. The van der Waals surface area contributed by atoms with E-state index in [-0.39, 0.29) is 35.2 Å². The van der Waals surface area contributed by atoms with Crippen LogP contribution in [0.5, 0.6) is 0 Å². The highest BCUT2D eigenvalue weighted by molar-refractivity contribution is 7.92. The first-order valence-corrected chi connectivity index (χ1v) is 10.0. The first kappa shape index (κ1) is 19.4. The number of nitrogens with one attached hydrogen (secondary N) is 2. The summed E-state index contributed by atoms with van der Waals surface area (Å²) < 4.78 is 27.5. The van der Waals surface area contributed by atoms with Gasteiger partial charge in [0.2, 0.25) is 21.9 Å². The van der Waals surface area contributed by atoms with Crippen LogP contribution in [-0.2, 0) is 16.6 Å². The van der Waals surface area contributed by atoms with E-state index in [1.807, 2.05) is 0 Å². The van der Waals surface area contributed by atoms with Gasteiger partial charge < -0.3 is 16.5 Å². The van der Waals surface area contributed by atoms with Crippen LogP contribution >= 0.6 is 0 Å². The minimum absolute atomic E-state index is 0.0670. The van der Waals surface area contributed by atoms with E-state index < -0.39 is 21.6 Å². The largest absolute Gasteiger partial charge is 0.382 e. The van der Waals surface area contributed by atoms with Gasteiger partial charge in [-0.15, -0.1) is 0 Å². The zero-order chi connectivity index (χ0) is 20.5. The number of rotatable bonds is 7. The number of hydrogen-bond donors (Lipinski definition) is 4. The Hall–Kier alpha value is -3.41. The lowest BCUT2D eigenvalue weighted by molar-refractivity contribution is 0.1000. The lowest BCUT2D eigenvalue weighted by Crippen LogP contribution is -2.20. The number of H-pyrrole nitrogens is 1. The smallest absolute Gasteiger partial charge is 0.328 e. The fourth-order valence-corrected chi connectivity index (χ4v) is 3.72. The number of amides is 1. The molecule has 2 heterocycles. The Morgan fingerprint density at radius 1 is 1.32 bits per heavy atom. The third-order valence-electron chi connectivity index (χ3n) is 3.92. The topological polar surface area (TPSA) is 179 Å². The number of aromatic amines is 1. The van der Waals surface area contributed by atoms with Crippen LogP contribution in [0, 0.1) is 0 Å². The number of nitrogen functional groups attached to an aromatic ring is 1. The molecular formula is C16H19N7O4S. The molecule has 0 bridgehead atoms. The predicted molar refractivity (Wildman–Crippen MR) is 104 cm³/mol. The molecule has 3 aromatic rings. The Morgan fingerprint density at radius 3 is 2.75 bits per heavy atom. The average molecular weight is 405 g/mol. The highest BCUT2D eigenvalue weighted by Crippen LogP contribution is 2.18. The summed E-state index contributed by atoms with van der Waals surface area (Å²) in [5, 5.41) is 0. The Morgan fingerprint density at radius 2 is 2.07 bits per heavy atom. The first-order valence-electron chi connectivity index (χ1n) is 8.35. The molecule has 0 saturated heterocycles. The number of primary amides is 1. The average Bonchev–Trinajstić information content (AvgIpc) is 2.91. The van der Waals surface area contributed by atoms with Crippen molar-refractivity contribution in [3.63, 3.8) is 0 Å². The Bertz CT molecular complexity index is 1210. The van der Waals surface area contributed by atoms with Crippen molar-refractivity contribution in [3.05, 3.63) is 45.9 Å². The third-order valence-corrected chi connectivity index (χ3v) is 5.36. The molecule has 1 amide bonds. The maximum Gasteiger partial charge on any atom is 0.328 e. The second kappa shape index (κ2) is 7.31. The van der Waals surface area contributed by atoms with Gasteiger partial charge in [-0.2, -0.15) is 9.97 Å². The van der Waals surface area contributed by atoms with E-state index in [2.05, 4.69) is 19.7 Å². The number of imidazole rings is 1. The Kier molecular flexibility index (Phi) is 5.05. The maximum atomic E-state index is 12.4.